The lowest BCUT2D eigenvalue weighted by atomic mass is 9.95. The van der Waals surface area contributed by atoms with Crippen molar-refractivity contribution in [2.75, 3.05) is 0 Å². The van der Waals surface area contributed by atoms with E-state index in [0.29, 0.717) is 0 Å². The second-order valence-corrected chi connectivity index (χ2v) is 9.37. The second-order valence-electron chi connectivity index (χ2n) is 8.41. The molecule has 2 atom stereocenters. The number of amidine groups is 1. The molecule has 0 saturated carbocycles. The number of benzene rings is 5. The van der Waals surface area contributed by atoms with Gasteiger partial charge in [-0.1, -0.05) is 121 Å². The second kappa shape index (κ2) is 9.92. The number of fused-ring (bicyclic) bond motifs is 2. The smallest absolute Gasteiger partial charge is 0.158 e. The third kappa shape index (κ3) is 4.29. The van der Waals surface area contributed by atoms with E-state index in [-0.39, 0.29) is 24.5 Å². The van der Waals surface area contributed by atoms with Crippen molar-refractivity contribution in [2.24, 2.45) is 4.99 Å². The number of hydrogen-bond donors (Lipinski definition) is 1. The minimum atomic E-state index is 0. The predicted octanol–water partition coefficient (Wildman–Crippen LogP) is 8.09. The number of thioether (sulfide) groups is 1. The first-order valence-electron chi connectivity index (χ1n) is 11.3. The quantitative estimate of drug-likeness (QED) is 0.263. The maximum Gasteiger partial charge on any atom is 0.158 e. The zero-order chi connectivity index (χ0) is 22.0. The lowest BCUT2D eigenvalue weighted by Gasteiger charge is -2.19. The Morgan fingerprint density at radius 2 is 1.18 bits per heavy atom. The number of aliphatic imine (C=N–C) groups is 1. The van der Waals surface area contributed by atoms with Gasteiger partial charge in [-0.15, -0.1) is 12.4 Å². The number of nitrogens with zero attached hydrogens (tertiary/aromatic N) is 1. The van der Waals surface area contributed by atoms with E-state index < -0.39 is 0 Å². The van der Waals surface area contributed by atoms with Crippen molar-refractivity contribution in [3.8, 4) is 0 Å². The summed E-state index contributed by atoms with van der Waals surface area (Å²) in [6, 6.07) is 41.2. The van der Waals surface area contributed by atoms with E-state index in [1.807, 2.05) is 0 Å². The summed E-state index contributed by atoms with van der Waals surface area (Å²) in [5.74, 6) is 0.872. The monoisotopic (exact) mass is 480 g/mol. The molecule has 2 nitrogen and oxygen atoms in total. The third-order valence-corrected chi connectivity index (χ3v) is 7.32. The van der Waals surface area contributed by atoms with E-state index in [9.17, 15) is 0 Å². The van der Waals surface area contributed by atoms with E-state index in [2.05, 4.69) is 121 Å². The summed E-state index contributed by atoms with van der Waals surface area (Å²) in [6.45, 7) is 0. The summed E-state index contributed by atoms with van der Waals surface area (Å²) in [5, 5.41) is 9.96. The molecule has 4 heteroatoms. The standard InChI is InChI=1S/C30H24N2S.ClH/c1-3-11-21(12-4-1)28-29(22-13-5-2-6-14-22)32-30(31-28)33-20-27-25-17-9-7-15-23(25)19-24-16-8-10-18-26(24)27;/h1-19,28-29H,20H2,(H,31,32);1H/t28-,29+;. The van der Waals surface area contributed by atoms with Crippen LogP contribution in [-0.4, -0.2) is 5.17 Å². The zero-order valence-electron chi connectivity index (χ0n) is 18.6. The molecule has 0 radical (unpaired) electrons. The molecule has 5 aromatic rings. The topological polar surface area (TPSA) is 24.4 Å². The molecule has 1 aliphatic heterocycles. The molecule has 6 rings (SSSR count). The Morgan fingerprint density at radius 1 is 0.647 bits per heavy atom. The van der Waals surface area contributed by atoms with Crippen LogP contribution in [0.1, 0.15) is 28.8 Å². The molecule has 0 fully saturated rings. The van der Waals surface area contributed by atoms with E-state index in [1.54, 1.807) is 11.8 Å². The SMILES string of the molecule is Cl.c1ccc([C@H]2NC(SCc3c4ccccc4cc4ccccc34)=N[C@H]2c2ccccc2)cc1. The van der Waals surface area contributed by atoms with Gasteiger partial charge in [0.05, 0.1) is 6.04 Å². The van der Waals surface area contributed by atoms with Crippen LogP contribution in [0.15, 0.2) is 120 Å². The molecule has 1 aliphatic rings. The average Bonchev–Trinajstić information content (AvgIpc) is 3.32. The zero-order valence-corrected chi connectivity index (χ0v) is 20.2. The van der Waals surface area contributed by atoms with Crippen molar-refractivity contribution < 1.29 is 0 Å². The molecule has 0 amide bonds. The minimum absolute atomic E-state index is 0. The highest BCUT2D eigenvalue weighted by atomic mass is 35.5. The van der Waals surface area contributed by atoms with Crippen LogP contribution in [0.2, 0.25) is 0 Å². The van der Waals surface area contributed by atoms with Crippen LogP contribution in [0.25, 0.3) is 21.5 Å². The van der Waals surface area contributed by atoms with Crippen LogP contribution in [-0.2, 0) is 5.75 Å². The van der Waals surface area contributed by atoms with Gasteiger partial charge in [0.2, 0.25) is 0 Å². The van der Waals surface area contributed by atoms with Gasteiger partial charge in [-0.25, -0.2) is 0 Å². The fourth-order valence-corrected chi connectivity index (χ4v) is 5.77. The first-order chi connectivity index (χ1) is 16.4. The van der Waals surface area contributed by atoms with Crippen molar-refractivity contribution >= 4 is 50.9 Å². The molecule has 0 bridgehead atoms. The fraction of sp³-hybridized carbons (Fsp3) is 0.100. The lowest BCUT2D eigenvalue weighted by molar-refractivity contribution is 0.573. The summed E-state index contributed by atoms with van der Waals surface area (Å²) >= 11 is 1.80. The number of hydrogen-bond acceptors (Lipinski definition) is 3. The highest BCUT2D eigenvalue weighted by Gasteiger charge is 2.31. The van der Waals surface area contributed by atoms with Crippen LogP contribution in [0, 0.1) is 0 Å². The molecule has 0 unspecified atom stereocenters. The normalized spacial score (nSPS) is 17.2. The van der Waals surface area contributed by atoms with E-state index in [0.717, 1.165) is 10.9 Å². The molecular formula is C30H25ClN2S. The van der Waals surface area contributed by atoms with Gasteiger partial charge in [0.25, 0.3) is 0 Å². The van der Waals surface area contributed by atoms with E-state index in [1.165, 1.54) is 38.2 Å². The fourth-order valence-electron chi connectivity index (χ4n) is 4.78. The van der Waals surface area contributed by atoms with Gasteiger partial charge >= 0.3 is 0 Å². The average molecular weight is 481 g/mol. The van der Waals surface area contributed by atoms with Crippen molar-refractivity contribution in [3.05, 3.63) is 132 Å². The van der Waals surface area contributed by atoms with Gasteiger partial charge in [-0.2, -0.15) is 0 Å². The van der Waals surface area contributed by atoms with Crippen molar-refractivity contribution in [2.45, 2.75) is 17.8 Å². The number of halogens is 1. The van der Waals surface area contributed by atoms with Crippen LogP contribution >= 0.6 is 24.2 Å². The van der Waals surface area contributed by atoms with Gasteiger partial charge in [0.15, 0.2) is 5.17 Å². The molecule has 5 aromatic carbocycles. The maximum absolute atomic E-state index is 5.16. The summed E-state index contributed by atoms with van der Waals surface area (Å²) in [7, 11) is 0. The van der Waals surface area contributed by atoms with Crippen LogP contribution in [0.5, 0.6) is 0 Å². The molecule has 0 saturated heterocycles. The molecule has 1 heterocycles. The van der Waals surface area contributed by atoms with Gasteiger partial charge in [-0.05, 0) is 44.3 Å². The third-order valence-electron chi connectivity index (χ3n) is 6.39. The van der Waals surface area contributed by atoms with Gasteiger partial charge in [0, 0.05) is 5.75 Å². The van der Waals surface area contributed by atoms with Gasteiger partial charge in [-0.3, -0.25) is 4.99 Å². The molecule has 0 aromatic heterocycles. The Labute approximate surface area is 210 Å². The Morgan fingerprint density at radius 3 is 1.79 bits per heavy atom. The van der Waals surface area contributed by atoms with E-state index in [4.69, 9.17) is 4.99 Å². The summed E-state index contributed by atoms with van der Waals surface area (Å²) in [6.07, 6.45) is 0. The Kier molecular flexibility index (Phi) is 6.57. The van der Waals surface area contributed by atoms with E-state index >= 15 is 0 Å². The first-order valence-corrected chi connectivity index (χ1v) is 12.3. The summed E-state index contributed by atoms with van der Waals surface area (Å²) in [4.78, 5) is 5.16. The van der Waals surface area contributed by atoms with Gasteiger partial charge < -0.3 is 5.32 Å². The Bertz CT molecular complexity index is 1400. The Hall–Kier alpha value is -3.27. The maximum atomic E-state index is 5.16. The first kappa shape index (κ1) is 22.5. The number of nitrogens with one attached hydrogen (secondary N) is 1. The highest BCUT2D eigenvalue weighted by Crippen LogP contribution is 2.39. The van der Waals surface area contributed by atoms with Crippen molar-refractivity contribution in [1.82, 2.24) is 5.32 Å². The molecule has 1 N–H and O–H groups in total. The summed E-state index contributed by atoms with van der Waals surface area (Å²) in [5.41, 5.74) is 3.88. The molecular weight excluding hydrogens is 456 g/mol. The van der Waals surface area contributed by atoms with Crippen LogP contribution in [0.4, 0.5) is 0 Å². The van der Waals surface area contributed by atoms with Gasteiger partial charge in [0.1, 0.15) is 6.04 Å². The van der Waals surface area contributed by atoms with Crippen molar-refractivity contribution in [3.63, 3.8) is 0 Å². The molecule has 34 heavy (non-hydrogen) atoms. The highest BCUT2D eigenvalue weighted by molar-refractivity contribution is 8.13. The molecule has 168 valence electrons. The molecule has 0 aliphatic carbocycles. The molecule has 0 spiro atoms. The minimum Gasteiger partial charge on any atom is -0.356 e. The number of rotatable bonds is 4. The van der Waals surface area contributed by atoms with Crippen LogP contribution < -0.4 is 5.32 Å². The summed E-state index contributed by atoms with van der Waals surface area (Å²) < 4.78 is 0. The predicted molar refractivity (Wildman–Crippen MR) is 149 cm³/mol. The largest absolute Gasteiger partial charge is 0.356 e. The Balaban J connectivity index is 0.00000241. The van der Waals surface area contributed by atoms with Crippen molar-refractivity contribution in [1.29, 1.82) is 0 Å². The lowest BCUT2D eigenvalue weighted by Crippen LogP contribution is -2.22. The van der Waals surface area contributed by atoms with Crippen LogP contribution in [0.3, 0.4) is 0 Å².